The van der Waals surface area contributed by atoms with Crippen molar-refractivity contribution in [3.63, 3.8) is 0 Å². The van der Waals surface area contributed by atoms with Crippen molar-refractivity contribution in [2.24, 2.45) is 0 Å². The maximum atomic E-state index is 12.6. The van der Waals surface area contributed by atoms with Crippen molar-refractivity contribution in [2.75, 3.05) is 24.5 Å². The predicted octanol–water partition coefficient (Wildman–Crippen LogP) is 3.23. The number of amides is 2. The van der Waals surface area contributed by atoms with Gasteiger partial charge in [-0.25, -0.2) is 0 Å². The predicted molar refractivity (Wildman–Crippen MR) is 95.3 cm³/mol. The Kier molecular flexibility index (Phi) is 6.64. The molecule has 0 saturated carbocycles. The van der Waals surface area contributed by atoms with Crippen molar-refractivity contribution in [2.45, 2.75) is 52.6 Å². The Hall–Kier alpha value is -2.04. The molecule has 1 heterocycles. The maximum Gasteiger partial charge on any atom is 0.242 e. The molecule has 0 aliphatic carbocycles. The van der Waals surface area contributed by atoms with E-state index in [0.29, 0.717) is 0 Å². The molecule has 0 unspecified atom stereocenters. The van der Waals surface area contributed by atoms with Crippen LogP contribution in [0.4, 0.5) is 5.69 Å². The first-order valence-electron chi connectivity index (χ1n) is 8.80. The number of hydrogen-bond donors (Lipinski definition) is 0. The van der Waals surface area contributed by atoms with Crippen LogP contribution in [0.15, 0.2) is 24.3 Å². The van der Waals surface area contributed by atoms with Crippen LogP contribution in [0.3, 0.4) is 0 Å². The number of anilines is 1. The van der Waals surface area contributed by atoms with Gasteiger partial charge >= 0.3 is 0 Å². The quantitative estimate of drug-likeness (QED) is 0.832. The summed E-state index contributed by atoms with van der Waals surface area (Å²) in [6, 6.07) is 7.33. The number of likely N-dealkylation sites (tertiary alicyclic amines) is 1. The standard InChI is InChI=1S/C19H28N2O3/c1-15(2)24-18-10-8-17(9-11-18)21(16(3)22)14-19(23)20-12-6-4-5-7-13-20/h8-11,15H,4-7,12-14H2,1-3H3. The third-order valence-corrected chi connectivity index (χ3v) is 4.15. The summed E-state index contributed by atoms with van der Waals surface area (Å²) >= 11 is 0. The van der Waals surface area contributed by atoms with Gasteiger partial charge in [0.2, 0.25) is 11.8 Å². The van der Waals surface area contributed by atoms with Crippen LogP contribution in [0, 0.1) is 0 Å². The van der Waals surface area contributed by atoms with Crippen LogP contribution < -0.4 is 9.64 Å². The molecule has 1 aliphatic heterocycles. The molecule has 0 spiro atoms. The Labute approximate surface area is 144 Å². The second-order valence-electron chi connectivity index (χ2n) is 6.56. The number of carbonyl (C=O) groups excluding carboxylic acids is 2. The number of nitrogens with zero attached hydrogens (tertiary/aromatic N) is 2. The van der Waals surface area contributed by atoms with E-state index in [0.717, 1.165) is 37.4 Å². The summed E-state index contributed by atoms with van der Waals surface area (Å²) in [6.07, 6.45) is 4.55. The Balaban J connectivity index is 2.05. The molecule has 0 N–H and O–H groups in total. The van der Waals surface area contributed by atoms with E-state index in [9.17, 15) is 9.59 Å². The Morgan fingerprint density at radius 1 is 1.08 bits per heavy atom. The summed E-state index contributed by atoms with van der Waals surface area (Å²) in [5.41, 5.74) is 0.724. The molecule has 1 saturated heterocycles. The van der Waals surface area contributed by atoms with E-state index in [-0.39, 0.29) is 24.5 Å². The van der Waals surface area contributed by atoms with E-state index in [1.165, 1.54) is 24.7 Å². The van der Waals surface area contributed by atoms with Gasteiger partial charge in [-0.3, -0.25) is 9.59 Å². The topological polar surface area (TPSA) is 49.9 Å². The van der Waals surface area contributed by atoms with Crippen LogP contribution in [0.1, 0.15) is 46.5 Å². The monoisotopic (exact) mass is 332 g/mol. The Morgan fingerprint density at radius 3 is 2.17 bits per heavy atom. The first-order chi connectivity index (χ1) is 11.5. The lowest BCUT2D eigenvalue weighted by Gasteiger charge is -2.26. The third-order valence-electron chi connectivity index (χ3n) is 4.15. The molecule has 1 fully saturated rings. The summed E-state index contributed by atoms with van der Waals surface area (Å²) in [6.45, 7) is 7.12. The SMILES string of the molecule is CC(=O)N(CC(=O)N1CCCCCC1)c1ccc(OC(C)C)cc1. The molecule has 0 atom stereocenters. The molecule has 2 rings (SSSR count). The zero-order valence-electron chi connectivity index (χ0n) is 15.0. The Bertz CT molecular complexity index is 546. The zero-order valence-corrected chi connectivity index (χ0v) is 15.0. The van der Waals surface area contributed by atoms with Gasteiger partial charge in [0.1, 0.15) is 12.3 Å². The second-order valence-corrected chi connectivity index (χ2v) is 6.56. The molecule has 0 aromatic heterocycles. The lowest BCUT2D eigenvalue weighted by Crippen LogP contribution is -2.42. The average molecular weight is 332 g/mol. The normalized spacial score (nSPS) is 15.1. The summed E-state index contributed by atoms with van der Waals surface area (Å²) < 4.78 is 5.62. The molecule has 2 amide bonds. The summed E-state index contributed by atoms with van der Waals surface area (Å²) in [5.74, 6) is 0.654. The lowest BCUT2D eigenvalue weighted by molar-refractivity contribution is -0.131. The van der Waals surface area contributed by atoms with Crippen LogP contribution in [0.2, 0.25) is 0 Å². The second kappa shape index (κ2) is 8.71. The van der Waals surface area contributed by atoms with Crippen LogP contribution in [-0.2, 0) is 9.59 Å². The molecule has 5 nitrogen and oxygen atoms in total. The summed E-state index contributed by atoms with van der Waals surface area (Å²) in [7, 11) is 0. The molecular weight excluding hydrogens is 304 g/mol. The fourth-order valence-corrected chi connectivity index (χ4v) is 2.92. The fraction of sp³-hybridized carbons (Fsp3) is 0.579. The minimum atomic E-state index is -0.129. The highest BCUT2D eigenvalue weighted by Gasteiger charge is 2.21. The molecule has 5 heteroatoms. The van der Waals surface area contributed by atoms with Crippen LogP contribution in [-0.4, -0.2) is 42.5 Å². The van der Waals surface area contributed by atoms with Gasteiger partial charge in [-0.1, -0.05) is 12.8 Å². The maximum absolute atomic E-state index is 12.6. The van der Waals surface area contributed by atoms with Gasteiger partial charge in [0, 0.05) is 25.7 Å². The molecule has 1 aromatic carbocycles. The van der Waals surface area contributed by atoms with Crippen molar-refractivity contribution in [1.82, 2.24) is 4.90 Å². The van der Waals surface area contributed by atoms with Crippen molar-refractivity contribution in [1.29, 1.82) is 0 Å². The van der Waals surface area contributed by atoms with E-state index < -0.39 is 0 Å². The first kappa shape index (κ1) is 18.3. The highest BCUT2D eigenvalue weighted by atomic mass is 16.5. The van der Waals surface area contributed by atoms with Crippen molar-refractivity contribution in [3.05, 3.63) is 24.3 Å². The zero-order chi connectivity index (χ0) is 17.5. The van der Waals surface area contributed by atoms with Gasteiger partial charge in [0.15, 0.2) is 0 Å². The minimum Gasteiger partial charge on any atom is -0.491 e. The van der Waals surface area contributed by atoms with Crippen molar-refractivity contribution < 1.29 is 14.3 Å². The molecule has 1 aliphatic rings. The minimum absolute atomic E-state index is 0.0228. The van der Waals surface area contributed by atoms with E-state index in [1.807, 2.05) is 43.0 Å². The third kappa shape index (κ3) is 5.25. The van der Waals surface area contributed by atoms with Gasteiger partial charge in [0.05, 0.1) is 6.10 Å². The van der Waals surface area contributed by atoms with E-state index in [1.54, 1.807) is 0 Å². The number of rotatable bonds is 5. The number of ether oxygens (including phenoxy) is 1. The molecular formula is C19H28N2O3. The smallest absolute Gasteiger partial charge is 0.242 e. The first-order valence-corrected chi connectivity index (χ1v) is 8.80. The average Bonchev–Trinajstić information content (AvgIpc) is 2.82. The number of hydrogen-bond acceptors (Lipinski definition) is 3. The van der Waals surface area contributed by atoms with Crippen molar-refractivity contribution >= 4 is 17.5 Å². The highest BCUT2D eigenvalue weighted by molar-refractivity contribution is 5.97. The van der Waals surface area contributed by atoms with Gasteiger partial charge < -0.3 is 14.5 Å². The van der Waals surface area contributed by atoms with Gasteiger partial charge in [-0.05, 0) is 51.0 Å². The van der Waals surface area contributed by atoms with E-state index in [4.69, 9.17) is 4.74 Å². The lowest BCUT2D eigenvalue weighted by atomic mass is 10.2. The van der Waals surface area contributed by atoms with Crippen LogP contribution in [0.25, 0.3) is 0 Å². The highest BCUT2D eigenvalue weighted by Crippen LogP contribution is 2.21. The Morgan fingerprint density at radius 2 is 1.67 bits per heavy atom. The van der Waals surface area contributed by atoms with Crippen LogP contribution >= 0.6 is 0 Å². The van der Waals surface area contributed by atoms with Crippen molar-refractivity contribution in [3.8, 4) is 5.75 Å². The van der Waals surface area contributed by atoms with E-state index >= 15 is 0 Å². The molecule has 1 aromatic rings. The summed E-state index contributed by atoms with van der Waals surface area (Å²) in [5, 5.41) is 0. The molecule has 0 radical (unpaired) electrons. The largest absolute Gasteiger partial charge is 0.491 e. The van der Waals surface area contributed by atoms with Gasteiger partial charge in [0.25, 0.3) is 0 Å². The van der Waals surface area contributed by atoms with E-state index in [2.05, 4.69) is 0 Å². The molecule has 24 heavy (non-hydrogen) atoms. The van der Waals surface area contributed by atoms with Gasteiger partial charge in [-0.2, -0.15) is 0 Å². The number of benzene rings is 1. The number of carbonyl (C=O) groups is 2. The molecule has 132 valence electrons. The van der Waals surface area contributed by atoms with Gasteiger partial charge in [-0.15, -0.1) is 0 Å². The van der Waals surface area contributed by atoms with Crippen LogP contribution in [0.5, 0.6) is 5.75 Å². The summed E-state index contributed by atoms with van der Waals surface area (Å²) in [4.78, 5) is 28.0. The fourth-order valence-electron chi connectivity index (χ4n) is 2.92. The molecule has 0 bridgehead atoms.